The lowest BCUT2D eigenvalue weighted by Gasteiger charge is -2.26. The van der Waals surface area contributed by atoms with Crippen LogP contribution in [0.4, 0.5) is 0 Å². The molecule has 74 valence electrons. The summed E-state index contributed by atoms with van der Waals surface area (Å²) in [6.07, 6.45) is 8.47. The van der Waals surface area contributed by atoms with Crippen LogP contribution in [0.2, 0.25) is 0 Å². The maximum atomic E-state index is 4.32. The van der Waals surface area contributed by atoms with Crippen molar-refractivity contribution in [1.82, 2.24) is 5.32 Å². The second-order valence-corrected chi connectivity index (χ2v) is 4.60. The monoisotopic (exact) mass is 179 g/mol. The third kappa shape index (κ3) is 2.14. The molecule has 0 spiro atoms. The van der Waals surface area contributed by atoms with Gasteiger partial charge in [-0.1, -0.05) is 31.4 Å². The molecule has 0 radical (unpaired) electrons. The topological polar surface area (TPSA) is 12.0 Å². The summed E-state index contributed by atoms with van der Waals surface area (Å²) in [4.78, 5) is 0. The van der Waals surface area contributed by atoms with Crippen LogP contribution in [0.15, 0.2) is 12.2 Å². The van der Waals surface area contributed by atoms with E-state index < -0.39 is 0 Å². The molecule has 0 bridgehead atoms. The summed E-state index contributed by atoms with van der Waals surface area (Å²) in [6.45, 7) is 6.71. The third-order valence-corrected chi connectivity index (χ3v) is 3.71. The van der Waals surface area contributed by atoms with E-state index in [1.807, 2.05) is 0 Å². The molecule has 2 fully saturated rings. The first-order valence-corrected chi connectivity index (χ1v) is 5.77. The van der Waals surface area contributed by atoms with Gasteiger partial charge < -0.3 is 5.32 Å². The predicted molar refractivity (Wildman–Crippen MR) is 56.7 cm³/mol. The van der Waals surface area contributed by atoms with Gasteiger partial charge in [-0.15, -0.1) is 0 Å². The minimum absolute atomic E-state index is 0.795. The number of nitrogens with one attached hydrogen (secondary N) is 1. The van der Waals surface area contributed by atoms with Crippen LogP contribution in [0.3, 0.4) is 0 Å². The lowest BCUT2D eigenvalue weighted by Crippen LogP contribution is -2.17. The Kier molecular flexibility index (Phi) is 3.05. The van der Waals surface area contributed by atoms with E-state index in [0.29, 0.717) is 0 Å². The zero-order valence-electron chi connectivity index (χ0n) is 8.52. The van der Waals surface area contributed by atoms with Crippen molar-refractivity contribution in [3.8, 4) is 0 Å². The van der Waals surface area contributed by atoms with E-state index in [0.717, 1.165) is 11.8 Å². The van der Waals surface area contributed by atoms with Gasteiger partial charge in [0, 0.05) is 6.54 Å². The lowest BCUT2D eigenvalue weighted by atomic mass is 9.79. The minimum atomic E-state index is 0.795. The average Bonchev–Trinajstić information content (AvgIpc) is 2.71. The van der Waals surface area contributed by atoms with Crippen LogP contribution < -0.4 is 5.32 Å². The van der Waals surface area contributed by atoms with Crippen molar-refractivity contribution in [2.24, 2.45) is 11.8 Å². The maximum absolute atomic E-state index is 4.32. The Morgan fingerprint density at radius 3 is 2.38 bits per heavy atom. The quantitative estimate of drug-likeness (QED) is 0.643. The molecular formula is C12H21N. The van der Waals surface area contributed by atoms with Gasteiger partial charge in [-0.05, 0) is 37.6 Å². The van der Waals surface area contributed by atoms with Crippen LogP contribution in [0, 0.1) is 11.8 Å². The first-order chi connectivity index (χ1) is 6.38. The van der Waals surface area contributed by atoms with Crippen molar-refractivity contribution in [1.29, 1.82) is 0 Å². The fourth-order valence-electron chi connectivity index (χ4n) is 2.78. The van der Waals surface area contributed by atoms with Gasteiger partial charge in [0.2, 0.25) is 0 Å². The van der Waals surface area contributed by atoms with Gasteiger partial charge in [0.05, 0.1) is 0 Å². The van der Waals surface area contributed by atoms with E-state index in [1.165, 1.54) is 51.6 Å². The van der Waals surface area contributed by atoms with Crippen molar-refractivity contribution in [3.63, 3.8) is 0 Å². The molecular weight excluding hydrogens is 158 g/mol. The summed E-state index contributed by atoms with van der Waals surface area (Å²) in [5.74, 6) is 1.65. The molecule has 0 aromatic heterocycles. The Balaban J connectivity index is 1.87. The van der Waals surface area contributed by atoms with E-state index >= 15 is 0 Å². The minimum Gasteiger partial charge on any atom is -0.316 e. The largest absolute Gasteiger partial charge is 0.316 e. The first-order valence-electron chi connectivity index (χ1n) is 5.77. The molecule has 1 atom stereocenters. The van der Waals surface area contributed by atoms with E-state index in [-0.39, 0.29) is 0 Å². The molecule has 1 saturated heterocycles. The van der Waals surface area contributed by atoms with E-state index in [1.54, 1.807) is 5.57 Å². The molecule has 0 aromatic carbocycles. The normalized spacial score (nSPS) is 30.6. The second kappa shape index (κ2) is 4.28. The first kappa shape index (κ1) is 9.26. The van der Waals surface area contributed by atoms with Gasteiger partial charge in [-0.2, -0.15) is 0 Å². The van der Waals surface area contributed by atoms with Crippen molar-refractivity contribution in [2.75, 3.05) is 13.1 Å². The van der Waals surface area contributed by atoms with Crippen molar-refractivity contribution in [2.45, 2.75) is 38.5 Å². The average molecular weight is 179 g/mol. The van der Waals surface area contributed by atoms with Crippen molar-refractivity contribution < 1.29 is 0 Å². The van der Waals surface area contributed by atoms with Gasteiger partial charge >= 0.3 is 0 Å². The summed E-state index contributed by atoms with van der Waals surface area (Å²) in [5, 5.41) is 3.43. The van der Waals surface area contributed by atoms with Crippen molar-refractivity contribution >= 4 is 0 Å². The highest BCUT2D eigenvalue weighted by Crippen LogP contribution is 2.34. The van der Waals surface area contributed by atoms with Gasteiger partial charge in [-0.3, -0.25) is 0 Å². The van der Waals surface area contributed by atoms with Crippen LogP contribution in [-0.4, -0.2) is 13.1 Å². The van der Waals surface area contributed by atoms with Crippen molar-refractivity contribution in [3.05, 3.63) is 12.2 Å². The summed E-state index contributed by atoms with van der Waals surface area (Å²) in [5.41, 5.74) is 1.56. The number of rotatable bonds is 2. The highest BCUT2D eigenvalue weighted by Gasteiger charge is 2.24. The molecule has 1 saturated carbocycles. The third-order valence-electron chi connectivity index (χ3n) is 3.71. The molecule has 2 rings (SSSR count). The fraction of sp³-hybridized carbons (Fsp3) is 0.833. The molecule has 1 aliphatic heterocycles. The van der Waals surface area contributed by atoms with Crippen LogP contribution in [0.25, 0.3) is 0 Å². The summed E-state index contributed by atoms with van der Waals surface area (Å²) < 4.78 is 0. The molecule has 1 N–H and O–H groups in total. The van der Waals surface area contributed by atoms with Crippen LogP contribution in [0.5, 0.6) is 0 Å². The molecule has 2 aliphatic rings. The van der Waals surface area contributed by atoms with Gasteiger partial charge in [-0.25, -0.2) is 0 Å². The van der Waals surface area contributed by atoms with Gasteiger partial charge in [0.25, 0.3) is 0 Å². The summed E-state index contributed by atoms with van der Waals surface area (Å²) >= 11 is 0. The maximum Gasteiger partial charge on any atom is 0.00173 e. The number of hydrogen-bond donors (Lipinski definition) is 1. The van der Waals surface area contributed by atoms with E-state index in [9.17, 15) is 0 Å². The standard InChI is InChI=1S/C12H21N/c1-10(12-7-8-13-9-12)11-5-3-2-4-6-11/h11-13H,1-9H2. The van der Waals surface area contributed by atoms with Crippen LogP contribution >= 0.6 is 0 Å². The Labute approximate surface area is 81.6 Å². The smallest absolute Gasteiger partial charge is 0.00173 e. The molecule has 1 heteroatoms. The van der Waals surface area contributed by atoms with Gasteiger partial charge in [0.15, 0.2) is 0 Å². The summed E-state index contributed by atoms with van der Waals surface area (Å²) in [7, 11) is 0. The molecule has 1 unspecified atom stereocenters. The molecule has 0 aromatic rings. The van der Waals surface area contributed by atoms with Gasteiger partial charge in [0.1, 0.15) is 0 Å². The Morgan fingerprint density at radius 1 is 1.00 bits per heavy atom. The molecule has 13 heavy (non-hydrogen) atoms. The highest BCUT2D eigenvalue weighted by molar-refractivity contribution is 5.09. The Bertz CT molecular complexity index is 174. The fourth-order valence-corrected chi connectivity index (χ4v) is 2.78. The SMILES string of the molecule is C=C(C1CCCCC1)C1CCNC1. The molecule has 1 aliphatic carbocycles. The second-order valence-electron chi connectivity index (χ2n) is 4.60. The lowest BCUT2D eigenvalue weighted by molar-refractivity contribution is 0.377. The predicted octanol–water partition coefficient (Wildman–Crippen LogP) is 2.73. The van der Waals surface area contributed by atoms with E-state index in [4.69, 9.17) is 0 Å². The van der Waals surface area contributed by atoms with Crippen LogP contribution in [-0.2, 0) is 0 Å². The Hall–Kier alpha value is -0.300. The molecule has 1 nitrogen and oxygen atoms in total. The summed E-state index contributed by atoms with van der Waals surface area (Å²) in [6, 6.07) is 0. The Morgan fingerprint density at radius 2 is 1.77 bits per heavy atom. The molecule has 0 amide bonds. The van der Waals surface area contributed by atoms with Crippen LogP contribution in [0.1, 0.15) is 38.5 Å². The highest BCUT2D eigenvalue weighted by atomic mass is 14.9. The molecule has 1 heterocycles. The zero-order valence-corrected chi connectivity index (χ0v) is 8.52. The zero-order chi connectivity index (χ0) is 9.10. The number of hydrogen-bond acceptors (Lipinski definition) is 1. The van der Waals surface area contributed by atoms with E-state index in [2.05, 4.69) is 11.9 Å².